The molecule has 0 saturated carbocycles. The number of halogens is 1. The summed E-state index contributed by atoms with van der Waals surface area (Å²) in [6, 6.07) is 7.14. The van der Waals surface area contributed by atoms with E-state index in [4.69, 9.17) is 26.3 Å². The molecule has 0 N–H and O–H groups in total. The summed E-state index contributed by atoms with van der Waals surface area (Å²) in [5.74, 6) is 0.701. The van der Waals surface area contributed by atoms with Crippen LogP contribution in [0, 0.1) is 11.3 Å². The van der Waals surface area contributed by atoms with Gasteiger partial charge in [-0.15, -0.1) is 0 Å². The minimum atomic E-state index is 0.432. The Hall–Kier alpha value is -1.28. The molecule has 0 unspecified atom stereocenters. The van der Waals surface area contributed by atoms with Gasteiger partial charge in [-0.1, -0.05) is 11.6 Å². The van der Waals surface area contributed by atoms with Gasteiger partial charge < -0.3 is 9.47 Å². The maximum atomic E-state index is 8.76. The van der Waals surface area contributed by atoms with Crippen molar-refractivity contribution < 1.29 is 9.47 Å². The van der Waals surface area contributed by atoms with Crippen LogP contribution >= 0.6 is 11.6 Å². The van der Waals surface area contributed by atoms with Gasteiger partial charge in [-0.25, -0.2) is 0 Å². The average molecular weight is 267 g/mol. The Labute approximate surface area is 112 Å². The second kappa shape index (κ2) is 6.60. The van der Waals surface area contributed by atoms with Crippen LogP contribution in [-0.4, -0.2) is 44.4 Å². The maximum Gasteiger partial charge on any atom is 0.120 e. The number of hydrogen-bond donors (Lipinski definition) is 0. The van der Waals surface area contributed by atoms with Gasteiger partial charge in [-0.2, -0.15) is 5.26 Å². The molecule has 18 heavy (non-hydrogen) atoms. The van der Waals surface area contributed by atoms with Gasteiger partial charge in [0.15, 0.2) is 0 Å². The van der Waals surface area contributed by atoms with Crippen molar-refractivity contribution in [1.82, 2.24) is 4.90 Å². The molecule has 1 aromatic rings. The number of benzene rings is 1. The summed E-state index contributed by atoms with van der Waals surface area (Å²) in [6.07, 6.45) is 0. The van der Waals surface area contributed by atoms with Crippen LogP contribution in [0.1, 0.15) is 5.56 Å². The molecule has 1 heterocycles. The lowest BCUT2D eigenvalue weighted by molar-refractivity contribution is 0.0322. The molecular weight excluding hydrogens is 252 g/mol. The summed E-state index contributed by atoms with van der Waals surface area (Å²) < 4.78 is 10.9. The van der Waals surface area contributed by atoms with Crippen LogP contribution in [0.3, 0.4) is 0 Å². The SMILES string of the molecule is N#Cc1ccc(OCCN2CCOCC2)cc1Cl. The lowest BCUT2D eigenvalue weighted by Crippen LogP contribution is -2.38. The molecule has 0 bridgehead atoms. The van der Waals surface area contributed by atoms with Crippen molar-refractivity contribution in [3.8, 4) is 11.8 Å². The largest absolute Gasteiger partial charge is 0.492 e. The van der Waals surface area contributed by atoms with Crippen molar-refractivity contribution in [3.63, 3.8) is 0 Å². The molecule has 1 saturated heterocycles. The van der Waals surface area contributed by atoms with E-state index in [-0.39, 0.29) is 0 Å². The normalized spacial score (nSPS) is 16.2. The number of morpholine rings is 1. The molecule has 1 aromatic carbocycles. The van der Waals surface area contributed by atoms with Gasteiger partial charge in [0.2, 0.25) is 0 Å². The Bertz CT molecular complexity index is 439. The highest BCUT2D eigenvalue weighted by Gasteiger charge is 2.10. The second-order valence-corrected chi connectivity index (χ2v) is 4.46. The molecule has 0 spiro atoms. The fourth-order valence-corrected chi connectivity index (χ4v) is 2.01. The van der Waals surface area contributed by atoms with E-state index in [0.717, 1.165) is 32.8 Å². The summed E-state index contributed by atoms with van der Waals surface area (Å²) >= 11 is 5.93. The standard InChI is InChI=1S/C13H15ClN2O2/c14-13-9-12(2-1-11(13)10-15)18-8-5-16-3-6-17-7-4-16/h1-2,9H,3-8H2. The first-order chi connectivity index (χ1) is 8.79. The van der Waals surface area contributed by atoms with Crippen molar-refractivity contribution in [3.05, 3.63) is 28.8 Å². The minimum absolute atomic E-state index is 0.432. The monoisotopic (exact) mass is 266 g/mol. The first-order valence-corrected chi connectivity index (χ1v) is 6.30. The van der Waals surface area contributed by atoms with E-state index in [1.807, 2.05) is 6.07 Å². The average Bonchev–Trinajstić information content (AvgIpc) is 2.40. The zero-order chi connectivity index (χ0) is 12.8. The predicted octanol–water partition coefficient (Wildman–Crippen LogP) is 1.92. The molecule has 0 atom stereocenters. The van der Waals surface area contributed by atoms with Gasteiger partial charge in [-0.05, 0) is 12.1 Å². The summed E-state index contributed by atoms with van der Waals surface area (Å²) in [7, 11) is 0. The molecule has 2 rings (SSSR count). The third-order valence-corrected chi connectivity index (χ3v) is 3.15. The molecule has 0 aromatic heterocycles. The Morgan fingerprint density at radius 1 is 1.39 bits per heavy atom. The number of ether oxygens (including phenoxy) is 2. The molecule has 4 nitrogen and oxygen atoms in total. The molecule has 0 aliphatic carbocycles. The highest BCUT2D eigenvalue weighted by Crippen LogP contribution is 2.21. The Kier molecular flexibility index (Phi) is 4.82. The van der Waals surface area contributed by atoms with E-state index < -0.39 is 0 Å². The Morgan fingerprint density at radius 3 is 2.83 bits per heavy atom. The summed E-state index contributed by atoms with van der Waals surface area (Å²) in [5.41, 5.74) is 0.470. The van der Waals surface area contributed by atoms with Crippen LogP contribution in [0.2, 0.25) is 5.02 Å². The van der Waals surface area contributed by atoms with Gasteiger partial charge in [0.1, 0.15) is 18.4 Å². The van der Waals surface area contributed by atoms with Crippen LogP contribution < -0.4 is 4.74 Å². The molecule has 96 valence electrons. The third kappa shape index (κ3) is 3.61. The van der Waals surface area contributed by atoms with E-state index >= 15 is 0 Å². The highest BCUT2D eigenvalue weighted by molar-refractivity contribution is 6.31. The van der Waals surface area contributed by atoms with Gasteiger partial charge >= 0.3 is 0 Å². The number of nitrogens with zero attached hydrogens (tertiary/aromatic N) is 2. The van der Waals surface area contributed by atoms with E-state index in [1.54, 1.807) is 18.2 Å². The lowest BCUT2D eigenvalue weighted by atomic mass is 10.2. The maximum absolute atomic E-state index is 8.76. The van der Waals surface area contributed by atoms with Crippen LogP contribution in [0.25, 0.3) is 0 Å². The van der Waals surface area contributed by atoms with Crippen molar-refractivity contribution >= 4 is 11.6 Å². The van der Waals surface area contributed by atoms with Crippen LogP contribution in [0.4, 0.5) is 0 Å². The van der Waals surface area contributed by atoms with Crippen LogP contribution in [0.15, 0.2) is 18.2 Å². The van der Waals surface area contributed by atoms with E-state index in [9.17, 15) is 0 Å². The van der Waals surface area contributed by atoms with Crippen LogP contribution in [-0.2, 0) is 4.74 Å². The van der Waals surface area contributed by atoms with Crippen LogP contribution in [0.5, 0.6) is 5.75 Å². The number of nitriles is 1. The molecule has 0 amide bonds. The zero-order valence-electron chi connectivity index (χ0n) is 10.1. The van der Waals surface area contributed by atoms with Gasteiger partial charge in [0.05, 0.1) is 23.8 Å². The minimum Gasteiger partial charge on any atom is -0.492 e. The van der Waals surface area contributed by atoms with Crippen molar-refractivity contribution in [1.29, 1.82) is 5.26 Å². The summed E-state index contributed by atoms with van der Waals surface area (Å²) in [5, 5.41) is 9.19. The predicted molar refractivity (Wildman–Crippen MR) is 68.9 cm³/mol. The second-order valence-electron chi connectivity index (χ2n) is 4.06. The lowest BCUT2D eigenvalue weighted by Gasteiger charge is -2.26. The van der Waals surface area contributed by atoms with Gasteiger partial charge in [0, 0.05) is 25.7 Å². The first-order valence-electron chi connectivity index (χ1n) is 5.92. The fraction of sp³-hybridized carbons (Fsp3) is 0.462. The highest BCUT2D eigenvalue weighted by atomic mass is 35.5. The Balaban J connectivity index is 1.79. The quantitative estimate of drug-likeness (QED) is 0.835. The summed E-state index contributed by atoms with van der Waals surface area (Å²) in [6.45, 7) is 4.99. The molecule has 1 aliphatic heterocycles. The van der Waals surface area contributed by atoms with Crippen molar-refractivity contribution in [2.45, 2.75) is 0 Å². The molecular formula is C13H15ClN2O2. The van der Waals surface area contributed by atoms with Gasteiger partial charge in [-0.3, -0.25) is 4.90 Å². The van der Waals surface area contributed by atoms with E-state index in [2.05, 4.69) is 4.90 Å². The summed E-state index contributed by atoms with van der Waals surface area (Å²) in [4.78, 5) is 2.30. The molecule has 0 radical (unpaired) electrons. The van der Waals surface area contributed by atoms with Crippen molar-refractivity contribution in [2.75, 3.05) is 39.5 Å². The zero-order valence-corrected chi connectivity index (χ0v) is 10.8. The first kappa shape index (κ1) is 13.2. The number of rotatable bonds is 4. The topological polar surface area (TPSA) is 45.5 Å². The third-order valence-electron chi connectivity index (χ3n) is 2.84. The Morgan fingerprint density at radius 2 is 2.17 bits per heavy atom. The molecule has 5 heteroatoms. The smallest absolute Gasteiger partial charge is 0.120 e. The van der Waals surface area contributed by atoms with Crippen molar-refractivity contribution in [2.24, 2.45) is 0 Å². The fourth-order valence-electron chi connectivity index (χ4n) is 1.79. The van der Waals surface area contributed by atoms with E-state index in [0.29, 0.717) is 22.9 Å². The number of hydrogen-bond acceptors (Lipinski definition) is 4. The molecule has 1 fully saturated rings. The molecule has 1 aliphatic rings. The van der Waals surface area contributed by atoms with E-state index in [1.165, 1.54) is 0 Å². The van der Waals surface area contributed by atoms with Gasteiger partial charge in [0.25, 0.3) is 0 Å².